The lowest BCUT2D eigenvalue weighted by Crippen LogP contribution is -2.32. The molecular formula is C27H28N2O7. The number of dihydropyridines is 1. The summed E-state index contributed by atoms with van der Waals surface area (Å²) < 4.78 is 15.8. The molecule has 0 bridgehead atoms. The Labute approximate surface area is 209 Å². The number of ether oxygens (including phenoxy) is 3. The van der Waals surface area contributed by atoms with Gasteiger partial charge in [0.1, 0.15) is 13.2 Å². The van der Waals surface area contributed by atoms with E-state index in [-0.39, 0.29) is 36.7 Å². The Hall–Kier alpha value is -4.24. The number of rotatable bonds is 10. The van der Waals surface area contributed by atoms with E-state index in [9.17, 15) is 19.7 Å². The average Bonchev–Trinajstić information content (AvgIpc) is 2.86. The van der Waals surface area contributed by atoms with E-state index in [1.807, 2.05) is 36.4 Å². The van der Waals surface area contributed by atoms with Gasteiger partial charge in [0.05, 0.1) is 28.6 Å². The van der Waals surface area contributed by atoms with Gasteiger partial charge < -0.3 is 19.5 Å². The minimum absolute atomic E-state index is 0.00246. The number of hydrogen-bond acceptors (Lipinski definition) is 8. The molecule has 0 saturated carbocycles. The highest BCUT2D eigenvalue weighted by Crippen LogP contribution is 2.40. The first-order valence-corrected chi connectivity index (χ1v) is 11.3. The maximum absolute atomic E-state index is 13.3. The predicted molar refractivity (Wildman–Crippen MR) is 134 cm³/mol. The SMILES string of the molecule is COCCOC(=O)C1=C(C)NC(C)=C(C(=O)OC/C=C\c2ccccc2)[C@H]1c1cccc([N+](=O)[O-])c1. The molecule has 0 saturated heterocycles. The maximum atomic E-state index is 13.3. The summed E-state index contributed by atoms with van der Waals surface area (Å²) >= 11 is 0. The number of non-ortho nitro benzene ring substituents is 1. The van der Waals surface area contributed by atoms with Crippen molar-refractivity contribution in [1.82, 2.24) is 5.32 Å². The van der Waals surface area contributed by atoms with Crippen molar-refractivity contribution >= 4 is 23.7 Å². The first-order valence-electron chi connectivity index (χ1n) is 11.3. The van der Waals surface area contributed by atoms with E-state index in [2.05, 4.69) is 5.32 Å². The van der Waals surface area contributed by atoms with Crippen LogP contribution >= 0.6 is 0 Å². The van der Waals surface area contributed by atoms with E-state index < -0.39 is 22.8 Å². The number of allylic oxidation sites excluding steroid dienone is 2. The second-order valence-electron chi connectivity index (χ2n) is 8.03. The van der Waals surface area contributed by atoms with Gasteiger partial charge in [0.2, 0.25) is 0 Å². The molecule has 1 aliphatic heterocycles. The fourth-order valence-electron chi connectivity index (χ4n) is 3.93. The van der Waals surface area contributed by atoms with Crippen LogP contribution in [0.4, 0.5) is 5.69 Å². The van der Waals surface area contributed by atoms with Crippen LogP contribution in [0.25, 0.3) is 6.08 Å². The largest absolute Gasteiger partial charge is 0.460 e. The van der Waals surface area contributed by atoms with Crippen LogP contribution in [0.15, 0.2) is 83.2 Å². The first kappa shape index (κ1) is 26.4. The normalized spacial score (nSPS) is 15.6. The zero-order valence-corrected chi connectivity index (χ0v) is 20.4. The molecule has 0 unspecified atom stereocenters. The Morgan fingerprint density at radius 1 is 0.972 bits per heavy atom. The fourth-order valence-corrected chi connectivity index (χ4v) is 3.93. The summed E-state index contributed by atoms with van der Waals surface area (Å²) in [4.78, 5) is 37.3. The number of nitrogens with zero attached hydrogens (tertiary/aromatic N) is 1. The Morgan fingerprint density at radius 3 is 2.28 bits per heavy atom. The van der Waals surface area contributed by atoms with Crippen LogP contribution in [0.5, 0.6) is 0 Å². The highest BCUT2D eigenvalue weighted by atomic mass is 16.6. The summed E-state index contributed by atoms with van der Waals surface area (Å²) in [6.07, 6.45) is 3.54. The van der Waals surface area contributed by atoms with Gasteiger partial charge in [-0.1, -0.05) is 48.5 Å². The topological polar surface area (TPSA) is 117 Å². The highest BCUT2D eigenvalue weighted by Gasteiger charge is 2.38. The molecule has 9 nitrogen and oxygen atoms in total. The highest BCUT2D eigenvalue weighted by molar-refractivity contribution is 6.00. The molecule has 1 N–H and O–H groups in total. The summed E-state index contributed by atoms with van der Waals surface area (Å²) in [5.41, 5.74) is 2.50. The molecule has 0 aliphatic carbocycles. The van der Waals surface area contributed by atoms with E-state index >= 15 is 0 Å². The van der Waals surface area contributed by atoms with Gasteiger partial charge in [-0.3, -0.25) is 10.1 Å². The van der Waals surface area contributed by atoms with Gasteiger partial charge in [0.25, 0.3) is 5.69 Å². The Morgan fingerprint density at radius 2 is 1.64 bits per heavy atom. The van der Waals surface area contributed by atoms with E-state index in [1.54, 1.807) is 26.0 Å². The number of nitro benzene ring substituents is 1. The van der Waals surface area contributed by atoms with Gasteiger partial charge in [0, 0.05) is 30.6 Å². The summed E-state index contributed by atoms with van der Waals surface area (Å²) in [6.45, 7) is 3.59. The number of carbonyl (C=O) groups is 2. The van der Waals surface area contributed by atoms with Crippen LogP contribution < -0.4 is 5.32 Å². The molecule has 0 fully saturated rings. The number of esters is 2. The van der Waals surface area contributed by atoms with Gasteiger partial charge >= 0.3 is 11.9 Å². The van der Waals surface area contributed by atoms with Crippen molar-refractivity contribution in [2.75, 3.05) is 26.9 Å². The van der Waals surface area contributed by atoms with Crippen LogP contribution in [0.3, 0.4) is 0 Å². The summed E-state index contributed by atoms with van der Waals surface area (Å²) in [5, 5.41) is 14.5. The van der Waals surface area contributed by atoms with Gasteiger partial charge in [-0.2, -0.15) is 0 Å². The van der Waals surface area contributed by atoms with Gasteiger partial charge in [-0.25, -0.2) is 9.59 Å². The number of benzene rings is 2. The molecule has 188 valence electrons. The maximum Gasteiger partial charge on any atom is 0.337 e. The minimum Gasteiger partial charge on any atom is -0.460 e. The Balaban J connectivity index is 1.94. The second-order valence-corrected chi connectivity index (χ2v) is 8.03. The van der Waals surface area contributed by atoms with E-state index in [0.29, 0.717) is 17.0 Å². The third-order valence-corrected chi connectivity index (χ3v) is 5.56. The summed E-state index contributed by atoms with van der Waals surface area (Å²) in [5.74, 6) is -2.23. The molecule has 36 heavy (non-hydrogen) atoms. The monoisotopic (exact) mass is 492 g/mol. The number of nitrogens with one attached hydrogen (secondary N) is 1. The van der Waals surface area contributed by atoms with E-state index in [1.165, 1.54) is 25.3 Å². The van der Waals surface area contributed by atoms with E-state index in [0.717, 1.165) is 5.56 Å². The average molecular weight is 493 g/mol. The molecule has 1 atom stereocenters. The lowest BCUT2D eigenvalue weighted by molar-refractivity contribution is -0.384. The van der Waals surface area contributed by atoms with Crippen molar-refractivity contribution in [1.29, 1.82) is 0 Å². The molecule has 1 heterocycles. The van der Waals surface area contributed by atoms with Crippen molar-refractivity contribution in [3.8, 4) is 0 Å². The Bertz CT molecular complexity index is 1220. The smallest absolute Gasteiger partial charge is 0.337 e. The van der Waals surface area contributed by atoms with Crippen LogP contribution in [-0.4, -0.2) is 43.8 Å². The lowest BCUT2D eigenvalue weighted by atomic mass is 9.80. The van der Waals surface area contributed by atoms with Crippen LogP contribution in [0, 0.1) is 10.1 Å². The Kier molecular flexibility index (Phi) is 9.13. The van der Waals surface area contributed by atoms with Gasteiger partial charge in [0.15, 0.2) is 0 Å². The standard InChI is InChI=1S/C27H28N2O7/c1-18-23(26(30)35-14-8-11-20-9-5-4-6-10-20)25(21-12-7-13-22(17-21)29(32)33)24(19(2)28-18)27(31)36-16-15-34-3/h4-13,17,25,28H,14-16H2,1-3H3/b11-8-/t25-/m1/s1. The quantitative estimate of drug-likeness (QED) is 0.226. The van der Waals surface area contributed by atoms with Crippen LogP contribution in [0.2, 0.25) is 0 Å². The molecule has 2 aromatic rings. The number of hydrogen-bond donors (Lipinski definition) is 1. The summed E-state index contributed by atoms with van der Waals surface area (Å²) in [7, 11) is 1.48. The molecule has 0 spiro atoms. The van der Waals surface area contributed by atoms with Crippen molar-refractivity contribution in [2.24, 2.45) is 0 Å². The van der Waals surface area contributed by atoms with Crippen LogP contribution in [0.1, 0.15) is 30.9 Å². The molecule has 2 aromatic carbocycles. The van der Waals surface area contributed by atoms with Gasteiger partial charge in [-0.05, 0) is 31.1 Å². The molecule has 0 radical (unpaired) electrons. The third-order valence-electron chi connectivity index (χ3n) is 5.56. The predicted octanol–water partition coefficient (Wildman–Crippen LogP) is 4.28. The van der Waals surface area contributed by atoms with Crippen LogP contribution in [-0.2, 0) is 23.8 Å². The molecule has 0 amide bonds. The zero-order chi connectivity index (χ0) is 26.1. The number of methoxy groups -OCH3 is 1. The first-order chi connectivity index (χ1) is 17.3. The minimum atomic E-state index is -0.924. The second kappa shape index (κ2) is 12.5. The molecule has 1 aliphatic rings. The number of nitro groups is 1. The van der Waals surface area contributed by atoms with Crippen molar-refractivity contribution < 1.29 is 28.7 Å². The van der Waals surface area contributed by atoms with E-state index in [4.69, 9.17) is 14.2 Å². The van der Waals surface area contributed by atoms with Crippen molar-refractivity contribution in [3.63, 3.8) is 0 Å². The molecule has 3 rings (SSSR count). The van der Waals surface area contributed by atoms with Crippen molar-refractivity contribution in [3.05, 3.63) is 104 Å². The van der Waals surface area contributed by atoms with Gasteiger partial charge in [-0.15, -0.1) is 0 Å². The fraction of sp³-hybridized carbons (Fsp3) is 0.259. The third kappa shape index (κ3) is 6.45. The summed E-state index contributed by atoms with van der Waals surface area (Å²) in [6, 6.07) is 15.4. The zero-order valence-electron chi connectivity index (χ0n) is 20.4. The number of carbonyl (C=O) groups excluding carboxylic acids is 2. The lowest BCUT2D eigenvalue weighted by Gasteiger charge is -2.30. The molecular weight excluding hydrogens is 464 g/mol. The molecule has 0 aromatic heterocycles. The molecule has 9 heteroatoms. The van der Waals surface area contributed by atoms with Crippen molar-refractivity contribution in [2.45, 2.75) is 19.8 Å².